The van der Waals surface area contributed by atoms with Gasteiger partial charge in [0, 0.05) is 16.3 Å². The fourth-order valence-electron chi connectivity index (χ4n) is 3.40. The second-order valence-corrected chi connectivity index (χ2v) is 8.60. The van der Waals surface area contributed by atoms with Crippen LogP contribution in [-0.2, 0) is 0 Å². The van der Waals surface area contributed by atoms with Gasteiger partial charge in [-0.1, -0.05) is 41.4 Å². The van der Waals surface area contributed by atoms with Crippen molar-refractivity contribution < 1.29 is 13.9 Å². The van der Waals surface area contributed by atoms with Crippen molar-refractivity contribution in [2.24, 2.45) is 0 Å². The lowest BCUT2D eigenvalue weighted by atomic mass is 10.1. The Morgan fingerprint density at radius 2 is 1.88 bits per heavy atom. The van der Waals surface area contributed by atoms with Crippen molar-refractivity contribution in [2.45, 2.75) is 13.8 Å². The number of aryl methyl sites for hydroxylation is 2. The van der Waals surface area contributed by atoms with Crippen LogP contribution in [0.1, 0.15) is 21.5 Å². The molecule has 0 unspecified atom stereocenters. The van der Waals surface area contributed by atoms with Crippen LogP contribution >= 0.6 is 35.4 Å². The summed E-state index contributed by atoms with van der Waals surface area (Å²) >= 11 is 17.7. The van der Waals surface area contributed by atoms with Gasteiger partial charge in [0.25, 0.3) is 5.91 Å². The second-order valence-electron chi connectivity index (χ2n) is 7.35. The molecule has 0 atom stereocenters. The molecule has 0 bridgehead atoms. The highest BCUT2D eigenvalue weighted by Gasteiger charge is 2.17. The first-order valence-corrected chi connectivity index (χ1v) is 11.1. The number of nitrogens with one attached hydrogen (secondary N) is 2. The number of benzene rings is 3. The zero-order valence-electron chi connectivity index (χ0n) is 18.0. The number of oxazole rings is 1. The number of fused-ring (bicyclic) bond motifs is 1. The third kappa shape index (κ3) is 4.80. The van der Waals surface area contributed by atoms with Gasteiger partial charge in [0.15, 0.2) is 10.7 Å². The van der Waals surface area contributed by atoms with Crippen LogP contribution in [0.25, 0.3) is 22.6 Å². The zero-order chi connectivity index (χ0) is 23.7. The van der Waals surface area contributed by atoms with Crippen LogP contribution in [-0.4, -0.2) is 23.1 Å². The highest BCUT2D eigenvalue weighted by Crippen LogP contribution is 2.33. The molecule has 0 spiro atoms. The number of ether oxygens (including phenoxy) is 1. The molecule has 0 saturated carbocycles. The van der Waals surface area contributed by atoms with E-state index in [1.165, 1.54) is 7.11 Å². The summed E-state index contributed by atoms with van der Waals surface area (Å²) in [4.78, 5) is 17.2. The van der Waals surface area contributed by atoms with Crippen LogP contribution in [0, 0.1) is 13.8 Å². The van der Waals surface area contributed by atoms with Crippen molar-refractivity contribution in [1.82, 2.24) is 10.3 Å². The number of methoxy groups -OCH3 is 1. The lowest BCUT2D eigenvalue weighted by molar-refractivity contribution is 0.0974. The molecule has 9 heteroatoms. The summed E-state index contributed by atoms with van der Waals surface area (Å²) in [6.07, 6.45) is 0. The fourth-order valence-corrected chi connectivity index (χ4v) is 4.12. The van der Waals surface area contributed by atoms with Gasteiger partial charge >= 0.3 is 0 Å². The summed E-state index contributed by atoms with van der Waals surface area (Å²) in [6.45, 7) is 3.79. The number of halogens is 2. The molecule has 1 aromatic heterocycles. The third-order valence-electron chi connectivity index (χ3n) is 5.03. The van der Waals surface area contributed by atoms with Gasteiger partial charge in [-0.25, -0.2) is 4.98 Å². The molecule has 2 N–H and O–H groups in total. The summed E-state index contributed by atoms with van der Waals surface area (Å²) in [7, 11) is 1.53. The summed E-state index contributed by atoms with van der Waals surface area (Å²) in [5, 5.41) is 6.78. The minimum Gasteiger partial charge on any atom is -0.496 e. The average Bonchev–Trinajstić information content (AvgIpc) is 3.19. The molecule has 6 nitrogen and oxygen atoms in total. The number of nitrogens with zero attached hydrogens (tertiary/aromatic N) is 1. The molecule has 3 aromatic carbocycles. The Morgan fingerprint density at radius 3 is 2.64 bits per heavy atom. The molecule has 0 aliphatic carbocycles. The number of hydrogen-bond donors (Lipinski definition) is 2. The van der Waals surface area contributed by atoms with Crippen LogP contribution in [0.5, 0.6) is 5.75 Å². The van der Waals surface area contributed by atoms with Gasteiger partial charge in [0.1, 0.15) is 11.3 Å². The number of hydrogen-bond acceptors (Lipinski definition) is 5. The predicted molar refractivity (Wildman–Crippen MR) is 136 cm³/mol. The smallest absolute Gasteiger partial charge is 0.261 e. The van der Waals surface area contributed by atoms with Crippen molar-refractivity contribution in [3.8, 4) is 17.2 Å². The van der Waals surface area contributed by atoms with Gasteiger partial charge in [-0.15, -0.1) is 0 Å². The molecule has 1 amide bonds. The van der Waals surface area contributed by atoms with E-state index in [1.54, 1.807) is 24.3 Å². The Morgan fingerprint density at radius 1 is 1.09 bits per heavy atom. The van der Waals surface area contributed by atoms with Crippen molar-refractivity contribution >= 4 is 63.2 Å². The van der Waals surface area contributed by atoms with Gasteiger partial charge in [0.05, 0.1) is 17.7 Å². The van der Waals surface area contributed by atoms with Gasteiger partial charge in [-0.3, -0.25) is 10.1 Å². The molecule has 168 valence electrons. The fraction of sp³-hybridized carbons (Fsp3) is 0.125. The maximum absolute atomic E-state index is 12.7. The van der Waals surface area contributed by atoms with Crippen molar-refractivity contribution in [3.05, 3.63) is 75.3 Å². The highest BCUT2D eigenvalue weighted by molar-refractivity contribution is 7.80. The number of aromatic nitrogens is 1. The van der Waals surface area contributed by atoms with Crippen LogP contribution in [0.2, 0.25) is 10.0 Å². The largest absolute Gasteiger partial charge is 0.496 e. The third-order valence-corrected chi connectivity index (χ3v) is 5.73. The SMILES string of the molecule is COc1c(C)cccc1C(=O)NC(=S)Nc1cc(-c2nc3cc(Cl)cc(Cl)c3o2)ccc1C. The summed E-state index contributed by atoms with van der Waals surface area (Å²) in [5.41, 5.74) is 4.59. The van der Waals surface area contributed by atoms with Gasteiger partial charge < -0.3 is 14.5 Å². The first-order chi connectivity index (χ1) is 15.8. The number of carbonyl (C=O) groups is 1. The normalized spacial score (nSPS) is 10.8. The van der Waals surface area contributed by atoms with E-state index in [0.717, 1.165) is 11.1 Å². The molecular formula is C24H19Cl2N3O3S. The molecule has 0 aliphatic heterocycles. The molecule has 33 heavy (non-hydrogen) atoms. The summed E-state index contributed by atoms with van der Waals surface area (Å²) < 4.78 is 11.2. The van der Waals surface area contributed by atoms with E-state index < -0.39 is 0 Å². The Bertz CT molecular complexity index is 1400. The van der Waals surface area contributed by atoms with Crippen LogP contribution in [0.4, 0.5) is 5.69 Å². The lowest BCUT2D eigenvalue weighted by Crippen LogP contribution is -2.34. The van der Waals surface area contributed by atoms with Gasteiger partial charge in [-0.05, 0) is 67.5 Å². The molecule has 0 radical (unpaired) electrons. The first-order valence-electron chi connectivity index (χ1n) is 9.89. The van der Waals surface area contributed by atoms with Crippen molar-refractivity contribution in [2.75, 3.05) is 12.4 Å². The standard InChI is InChI=1S/C24H19Cl2N3O3S/c1-12-7-8-14(23-27-19-11-15(25)10-17(26)21(19)32-23)9-18(12)28-24(33)29-22(30)16-6-4-5-13(2)20(16)31-3/h4-11H,1-3H3,(H2,28,29,30,33). The number of carbonyl (C=O) groups excluding carboxylic acids is 1. The number of amides is 1. The Balaban J connectivity index is 1.56. The average molecular weight is 500 g/mol. The molecule has 0 saturated heterocycles. The topological polar surface area (TPSA) is 76.4 Å². The van der Waals surface area contributed by atoms with Crippen LogP contribution in [0.15, 0.2) is 52.9 Å². The zero-order valence-corrected chi connectivity index (χ0v) is 20.3. The van der Waals surface area contributed by atoms with E-state index in [-0.39, 0.29) is 11.0 Å². The molecule has 1 heterocycles. The quantitative estimate of drug-likeness (QED) is 0.310. The Hall–Kier alpha value is -3.13. The van der Waals surface area contributed by atoms with Crippen molar-refractivity contribution in [1.29, 1.82) is 0 Å². The Labute approximate surface area is 205 Å². The second kappa shape index (κ2) is 9.39. The van der Waals surface area contributed by atoms with E-state index in [1.807, 2.05) is 38.1 Å². The summed E-state index contributed by atoms with van der Waals surface area (Å²) in [6, 6.07) is 14.2. The predicted octanol–water partition coefficient (Wildman–Crippen LogP) is 6.55. The van der Waals surface area contributed by atoms with Crippen molar-refractivity contribution in [3.63, 3.8) is 0 Å². The van der Waals surface area contributed by atoms with E-state index in [2.05, 4.69) is 15.6 Å². The van der Waals surface area contributed by atoms with Gasteiger partial charge in [-0.2, -0.15) is 0 Å². The molecule has 4 aromatic rings. The van der Waals surface area contributed by atoms with Crippen LogP contribution < -0.4 is 15.4 Å². The number of para-hydroxylation sites is 1. The molecular weight excluding hydrogens is 481 g/mol. The monoisotopic (exact) mass is 499 g/mol. The maximum atomic E-state index is 12.7. The maximum Gasteiger partial charge on any atom is 0.261 e. The van der Waals surface area contributed by atoms with E-state index in [4.69, 9.17) is 44.6 Å². The van der Waals surface area contributed by atoms with Crippen LogP contribution in [0.3, 0.4) is 0 Å². The van der Waals surface area contributed by atoms with Gasteiger partial charge in [0.2, 0.25) is 5.89 Å². The minimum absolute atomic E-state index is 0.149. The van der Waals surface area contributed by atoms with E-state index >= 15 is 0 Å². The number of thiocarbonyl (C=S) groups is 1. The number of anilines is 1. The first kappa shape index (κ1) is 23.0. The van der Waals surface area contributed by atoms with E-state index in [0.29, 0.717) is 49.6 Å². The summed E-state index contributed by atoms with van der Waals surface area (Å²) in [5.74, 6) is 0.523. The highest BCUT2D eigenvalue weighted by atomic mass is 35.5. The molecule has 4 rings (SSSR count). The Kier molecular flexibility index (Phi) is 6.56. The minimum atomic E-state index is -0.368. The van der Waals surface area contributed by atoms with E-state index in [9.17, 15) is 4.79 Å². The molecule has 0 fully saturated rings. The molecule has 0 aliphatic rings. The number of rotatable bonds is 4. The lowest BCUT2D eigenvalue weighted by Gasteiger charge is -2.14.